The van der Waals surface area contributed by atoms with Crippen molar-refractivity contribution < 1.29 is 22.8 Å². The van der Waals surface area contributed by atoms with Gasteiger partial charge in [-0.3, -0.25) is 14.6 Å². The lowest BCUT2D eigenvalue weighted by molar-refractivity contribution is -0.138. The van der Waals surface area contributed by atoms with Gasteiger partial charge in [0.05, 0.1) is 11.1 Å². The molecular formula is C10H9F3N4O2S. The van der Waals surface area contributed by atoms with Gasteiger partial charge in [0, 0.05) is 12.4 Å². The quantitative estimate of drug-likeness (QED) is 0.676. The highest BCUT2D eigenvalue weighted by atomic mass is 32.1. The van der Waals surface area contributed by atoms with Crippen LogP contribution in [0.3, 0.4) is 0 Å². The SMILES string of the molecule is NC(=O)C(NC(=O)c1ccncc1C(F)(F)F)C(N)=S. The minimum atomic E-state index is -4.77. The van der Waals surface area contributed by atoms with Gasteiger partial charge < -0.3 is 16.8 Å². The number of alkyl halides is 3. The van der Waals surface area contributed by atoms with Crippen molar-refractivity contribution in [3.8, 4) is 0 Å². The van der Waals surface area contributed by atoms with Crippen molar-refractivity contribution in [3.63, 3.8) is 0 Å². The fourth-order valence-electron chi connectivity index (χ4n) is 1.31. The molecule has 0 aliphatic carbocycles. The summed E-state index contributed by atoms with van der Waals surface area (Å²) in [7, 11) is 0. The number of nitrogens with two attached hydrogens (primary N) is 2. The van der Waals surface area contributed by atoms with E-state index in [4.69, 9.17) is 11.5 Å². The maximum absolute atomic E-state index is 12.7. The molecule has 0 fully saturated rings. The summed E-state index contributed by atoms with van der Waals surface area (Å²) < 4.78 is 38.1. The van der Waals surface area contributed by atoms with Crippen LogP contribution in [0.5, 0.6) is 0 Å². The monoisotopic (exact) mass is 306 g/mol. The molecule has 2 amide bonds. The fraction of sp³-hybridized carbons (Fsp3) is 0.200. The molecule has 5 N–H and O–H groups in total. The van der Waals surface area contributed by atoms with Gasteiger partial charge in [-0.1, -0.05) is 12.2 Å². The van der Waals surface area contributed by atoms with Gasteiger partial charge in [0.25, 0.3) is 5.91 Å². The van der Waals surface area contributed by atoms with Crippen LogP contribution in [0.25, 0.3) is 0 Å². The number of carbonyl (C=O) groups is 2. The average molecular weight is 306 g/mol. The number of pyridine rings is 1. The third-order valence-electron chi connectivity index (χ3n) is 2.22. The Kier molecular flexibility index (Phi) is 4.61. The molecule has 1 aromatic rings. The van der Waals surface area contributed by atoms with Crippen LogP contribution in [0.1, 0.15) is 15.9 Å². The number of amides is 2. The molecule has 1 rings (SSSR count). The summed E-state index contributed by atoms with van der Waals surface area (Å²) in [6, 6.07) is -0.678. The molecule has 0 saturated carbocycles. The number of hydrogen-bond acceptors (Lipinski definition) is 4. The van der Waals surface area contributed by atoms with Crippen LogP contribution in [0.15, 0.2) is 18.5 Å². The third kappa shape index (κ3) is 3.63. The van der Waals surface area contributed by atoms with E-state index in [-0.39, 0.29) is 0 Å². The van der Waals surface area contributed by atoms with Crippen molar-refractivity contribution in [2.45, 2.75) is 12.2 Å². The van der Waals surface area contributed by atoms with Crippen LogP contribution in [-0.2, 0) is 11.0 Å². The number of aromatic nitrogens is 1. The van der Waals surface area contributed by atoms with E-state index in [0.717, 1.165) is 12.3 Å². The Bertz CT molecular complexity index is 548. The molecule has 0 radical (unpaired) electrons. The smallest absolute Gasteiger partial charge is 0.391 e. The molecule has 6 nitrogen and oxygen atoms in total. The van der Waals surface area contributed by atoms with Crippen LogP contribution in [0.4, 0.5) is 13.2 Å². The van der Waals surface area contributed by atoms with E-state index in [0.29, 0.717) is 6.20 Å². The largest absolute Gasteiger partial charge is 0.418 e. The molecule has 0 spiro atoms. The number of carbonyl (C=O) groups excluding carboxylic acids is 2. The average Bonchev–Trinajstić information content (AvgIpc) is 2.33. The predicted molar refractivity (Wildman–Crippen MR) is 66.5 cm³/mol. The Labute approximate surface area is 116 Å². The van der Waals surface area contributed by atoms with Crippen molar-refractivity contribution in [1.82, 2.24) is 10.3 Å². The van der Waals surface area contributed by atoms with Gasteiger partial charge >= 0.3 is 6.18 Å². The van der Waals surface area contributed by atoms with E-state index < -0.39 is 40.1 Å². The van der Waals surface area contributed by atoms with E-state index in [2.05, 4.69) is 17.2 Å². The Morgan fingerprint density at radius 3 is 2.40 bits per heavy atom. The number of nitrogens with zero attached hydrogens (tertiary/aromatic N) is 1. The molecule has 0 bridgehead atoms. The Hall–Kier alpha value is -2.23. The summed E-state index contributed by atoms with van der Waals surface area (Å²) in [5.74, 6) is -2.26. The van der Waals surface area contributed by atoms with E-state index in [1.807, 2.05) is 5.32 Å². The first-order valence-electron chi connectivity index (χ1n) is 5.05. The zero-order valence-electron chi connectivity index (χ0n) is 9.77. The molecule has 1 heterocycles. The molecule has 1 unspecified atom stereocenters. The van der Waals surface area contributed by atoms with Gasteiger partial charge in [0.15, 0.2) is 6.04 Å². The maximum atomic E-state index is 12.7. The Balaban J connectivity index is 3.10. The zero-order valence-corrected chi connectivity index (χ0v) is 10.6. The molecule has 10 heteroatoms. The number of rotatable bonds is 4. The lowest BCUT2D eigenvalue weighted by Crippen LogP contribution is -2.51. The number of primary amides is 1. The van der Waals surface area contributed by atoms with Gasteiger partial charge in [-0.2, -0.15) is 13.2 Å². The van der Waals surface area contributed by atoms with Gasteiger partial charge in [-0.25, -0.2) is 0 Å². The molecule has 1 aromatic heterocycles. The molecule has 0 aromatic carbocycles. The van der Waals surface area contributed by atoms with Crippen molar-refractivity contribution in [1.29, 1.82) is 0 Å². The lowest BCUT2D eigenvalue weighted by atomic mass is 10.1. The summed E-state index contributed by atoms with van der Waals surface area (Å²) in [6.07, 6.45) is -3.27. The summed E-state index contributed by atoms with van der Waals surface area (Å²) in [4.78, 5) is 25.6. The van der Waals surface area contributed by atoms with Crippen LogP contribution < -0.4 is 16.8 Å². The highest BCUT2D eigenvalue weighted by molar-refractivity contribution is 7.80. The predicted octanol–water partition coefficient (Wildman–Crippen LogP) is -0.0298. The molecule has 1 atom stereocenters. The highest BCUT2D eigenvalue weighted by Crippen LogP contribution is 2.31. The molecular weight excluding hydrogens is 297 g/mol. The number of nitrogens with one attached hydrogen (secondary N) is 1. The van der Waals surface area contributed by atoms with Crippen LogP contribution in [-0.4, -0.2) is 27.8 Å². The van der Waals surface area contributed by atoms with Crippen molar-refractivity contribution >= 4 is 29.0 Å². The molecule has 108 valence electrons. The second-order valence-electron chi connectivity index (χ2n) is 3.63. The van der Waals surface area contributed by atoms with Gasteiger partial charge in [-0.15, -0.1) is 0 Å². The topological polar surface area (TPSA) is 111 Å². The molecule has 0 aliphatic rings. The van der Waals surface area contributed by atoms with Crippen molar-refractivity contribution in [2.24, 2.45) is 11.5 Å². The summed E-state index contributed by atoms with van der Waals surface area (Å²) in [6.45, 7) is 0. The van der Waals surface area contributed by atoms with Gasteiger partial charge in [0.2, 0.25) is 5.91 Å². The zero-order chi connectivity index (χ0) is 15.5. The first kappa shape index (κ1) is 15.8. The molecule has 0 aliphatic heterocycles. The van der Waals surface area contributed by atoms with E-state index in [1.54, 1.807) is 0 Å². The van der Waals surface area contributed by atoms with Crippen LogP contribution in [0.2, 0.25) is 0 Å². The fourth-order valence-corrected chi connectivity index (χ4v) is 1.48. The standard InChI is InChI=1S/C10H9F3N4O2S/c11-10(12,13)5-3-16-2-1-4(5)9(19)17-6(7(14)18)8(15)20/h1-3,6H,(H2,14,18)(H2,15,20)(H,17,19). The lowest BCUT2D eigenvalue weighted by Gasteiger charge is -2.16. The maximum Gasteiger partial charge on any atom is 0.418 e. The van der Waals surface area contributed by atoms with Crippen molar-refractivity contribution in [3.05, 3.63) is 29.6 Å². The van der Waals surface area contributed by atoms with Crippen LogP contribution in [0, 0.1) is 0 Å². The van der Waals surface area contributed by atoms with Crippen molar-refractivity contribution in [2.75, 3.05) is 0 Å². The van der Waals surface area contributed by atoms with Crippen LogP contribution >= 0.6 is 12.2 Å². The minimum absolute atomic E-state index is 0.450. The van der Waals surface area contributed by atoms with Gasteiger partial charge in [0.1, 0.15) is 4.99 Å². The minimum Gasteiger partial charge on any atom is -0.391 e. The summed E-state index contributed by atoms with van der Waals surface area (Å²) in [5, 5.41) is 1.94. The Morgan fingerprint density at radius 2 is 1.95 bits per heavy atom. The highest BCUT2D eigenvalue weighted by Gasteiger charge is 2.36. The third-order valence-corrected chi connectivity index (χ3v) is 2.45. The Morgan fingerprint density at radius 1 is 1.35 bits per heavy atom. The number of halogens is 3. The summed E-state index contributed by atoms with van der Waals surface area (Å²) >= 11 is 4.50. The first-order valence-corrected chi connectivity index (χ1v) is 5.46. The second kappa shape index (κ2) is 5.82. The first-order chi connectivity index (χ1) is 9.14. The normalized spacial score (nSPS) is 12.6. The molecule has 0 saturated heterocycles. The number of thiocarbonyl (C=S) groups is 1. The van der Waals surface area contributed by atoms with E-state index in [1.165, 1.54) is 0 Å². The molecule has 20 heavy (non-hydrogen) atoms. The van der Waals surface area contributed by atoms with E-state index in [9.17, 15) is 22.8 Å². The van der Waals surface area contributed by atoms with E-state index >= 15 is 0 Å². The summed E-state index contributed by atoms with van der Waals surface area (Å²) in [5.41, 5.74) is 8.14. The second-order valence-corrected chi connectivity index (χ2v) is 4.10. The van der Waals surface area contributed by atoms with Gasteiger partial charge in [-0.05, 0) is 6.07 Å². The number of hydrogen-bond donors (Lipinski definition) is 3.